The van der Waals surface area contributed by atoms with Crippen LogP contribution in [-0.2, 0) is 4.74 Å². The first-order valence-electron chi connectivity index (χ1n) is 6.97. The molecule has 0 saturated carbocycles. The minimum Gasteiger partial charge on any atom is -0.383 e. The lowest BCUT2D eigenvalue weighted by Gasteiger charge is -2.19. The Morgan fingerprint density at radius 3 is 3.00 bits per heavy atom. The number of methoxy groups -OCH3 is 1. The fraction of sp³-hybridized carbons (Fsp3) is 0.857. The van der Waals surface area contributed by atoms with E-state index in [1.54, 1.807) is 12.7 Å². The molecule has 100 valence electrons. The monoisotopic (exact) mass is 240 g/mol. The van der Waals surface area contributed by atoms with Crippen molar-refractivity contribution in [2.24, 2.45) is 5.73 Å². The molecule has 3 heteroatoms. The Morgan fingerprint density at radius 1 is 1.47 bits per heavy atom. The first kappa shape index (κ1) is 14.7. The van der Waals surface area contributed by atoms with Gasteiger partial charge in [-0.05, 0) is 58.0 Å². The van der Waals surface area contributed by atoms with Crippen molar-refractivity contribution in [2.45, 2.75) is 51.0 Å². The second kappa shape index (κ2) is 9.63. The number of nitrogens with two attached hydrogens (primary N) is 1. The van der Waals surface area contributed by atoms with Gasteiger partial charge in [-0.15, -0.1) is 0 Å². The molecular weight excluding hydrogens is 212 g/mol. The van der Waals surface area contributed by atoms with Gasteiger partial charge in [-0.2, -0.15) is 0 Å². The van der Waals surface area contributed by atoms with E-state index < -0.39 is 0 Å². The zero-order valence-electron chi connectivity index (χ0n) is 11.2. The van der Waals surface area contributed by atoms with Gasteiger partial charge >= 0.3 is 0 Å². The molecule has 0 fully saturated rings. The van der Waals surface area contributed by atoms with Gasteiger partial charge in [0.2, 0.25) is 0 Å². The third kappa shape index (κ3) is 6.81. The highest BCUT2D eigenvalue weighted by Gasteiger charge is 2.08. The van der Waals surface area contributed by atoms with Crippen molar-refractivity contribution < 1.29 is 4.74 Å². The van der Waals surface area contributed by atoms with E-state index in [4.69, 9.17) is 10.5 Å². The molecule has 17 heavy (non-hydrogen) atoms. The highest BCUT2D eigenvalue weighted by Crippen LogP contribution is 2.19. The third-order valence-corrected chi connectivity index (χ3v) is 3.39. The summed E-state index contributed by atoms with van der Waals surface area (Å²) in [5, 5.41) is 3.58. The highest BCUT2D eigenvalue weighted by molar-refractivity contribution is 5.05. The fourth-order valence-electron chi connectivity index (χ4n) is 2.38. The molecule has 0 aromatic carbocycles. The van der Waals surface area contributed by atoms with Gasteiger partial charge in [0.05, 0.1) is 6.61 Å². The van der Waals surface area contributed by atoms with E-state index >= 15 is 0 Å². The Bertz CT molecular complexity index is 216. The van der Waals surface area contributed by atoms with Crippen molar-refractivity contribution in [2.75, 3.05) is 26.8 Å². The number of rotatable bonds is 9. The zero-order chi connectivity index (χ0) is 12.3. The SMILES string of the molecule is COCC(CCCN)NCCC1=CCCCC1. The van der Waals surface area contributed by atoms with Crippen molar-refractivity contribution in [1.29, 1.82) is 0 Å². The van der Waals surface area contributed by atoms with E-state index in [0.717, 1.165) is 32.5 Å². The summed E-state index contributed by atoms with van der Waals surface area (Å²) in [6.07, 6.45) is 11.1. The van der Waals surface area contributed by atoms with Crippen LogP contribution in [0.25, 0.3) is 0 Å². The Kier molecular flexibility index (Phi) is 8.32. The van der Waals surface area contributed by atoms with Crippen LogP contribution in [-0.4, -0.2) is 32.8 Å². The van der Waals surface area contributed by atoms with Crippen LogP contribution >= 0.6 is 0 Å². The third-order valence-electron chi connectivity index (χ3n) is 3.39. The van der Waals surface area contributed by atoms with Gasteiger partial charge in [0.25, 0.3) is 0 Å². The zero-order valence-corrected chi connectivity index (χ0v) is 11.2. The summed E-state index contributed by atoms with van der Waals surface area (Å²) >= 11 is 0. The van der Waals surface area contributed by atoms with Crippen LogP contribution in [0, 0.1) is 0 Å². The number of hydrogen-bond donors (Lipinski definition) is 2. The maximum absolute atomic E-state index is 5.54. The summed E-state index contributed by atoms with van der Waals surface area (Å²) < 4.78 is 5.23. The number of nitrogens with one attached hydrogen (secondary N) is 1. The second-order valence-corrected chi connectivity index (χ2v) is 4.90. The maximum Gasteiger partial charge on any atom is 0.0615 e. The van der Waals surface area contributed by atoms with Gasteiger partial charge in [0.15, 0.2) is 0 Å². The van der Waals surface area contributed by atoms with Gasteiger partial charge in [-0.3, -0.25) is 0 Å². The van der Waals surface area contributed by atoms with Crippen molar-refractivity contribution in [1.82, 2.24) is 5.32 Å². The molecule has 0 bridgehead atoms. The molecule has 3 N–H and O–H groups in total. The number of ether oxygens (including phenoxy) is 1. The molecule has 1 aliphatic rings. The van der Waals surface area contributed by atoms with E-state index in [0.29, 0.717) is 6.04 Å². The predicted octanol–water partition coefficient (Wildman–Crippen LogP) is 2.22. The first-order chi connectivity index (χ1) is 8.36. The minimum absolute atomic E-state index is 0.466. The van der Waals surface area contributed by atoms with Crippen molar-refractivity contribution in [3.05, 3.63) is 11.6 Å². The van der Waals surface area contributed by atoms with Gasteiger partial charge in [-0.25, -0.2) is 0 Å². The maximum atomic E-state index is 5.54. The van der Waals surface area contributed by atoms with Crippen LogP contribution in [0.1, 0.15) is 44.9 Å². The Hall–Kier alpha value is -0.380. The normalized spacial score (nSPS) is 17.9. The lowest BCUT2D eigenvalue weighted by molar-refractivity contribution is 0.162. The smallest absolute Gasteiger partial charge is 0.0615 e. The van der Waals surface area contributed by atoms with Crippen LogP contribution < -0.4 is 11.1 Å². The number of allylic oxidation sites excluding steroid dienone is 1. The molecule has 0 aromatic heterocycles. The molecule has 0 radical (unpaired) electrons. The quantitative estimate of drug-likeness (QED) is 0.608. The van der Waals surface area contributed by atoms with Crippen LogP contribution in [0.3, 0.4) is 0 Å². The Balaban J connectivity index is 2.14. The Morgan fingerprint density at radius 2 is 2.35 bits per heavy atom. The minimum atomic E-state index is 0.466. The molecule has 1 unspecified atom stereocenters. The first-order valence-corrected chi connectivity index (χ1v) is 6.97. The lowest BCUT2D eigenvalue weighted by Crippen LogP contribution is -2.34. The molecule has 1 atom stereocenters. The molecule has 0 heterocycles. The average Bonchev–Trinajstić information content (AvgIpc) is 2.37. The highest BCUT2D eigenvalue weighted by atomic mass is 16.5. The summed E-state index contributed by atoms with van der Waals surface area (Å²) in [6.45, 7) is 2.64. The van der Waals surface area contributed by atoms with E-state index in [1.165, 1.54) is 32.1 Å². The molecule has 3 nitrogen and oxygen atoms in total. The lowest BCUT2D eigenvalue weighted by atomic mass is 9.97. The summed E-state index contributed by atoms with van der Waals surface area (Å²) in [6, 6.07) is 0.466. The molecule has 0 amide bonds. The molecule has 0 saturated heterocycles. The van der Waals surface area contributed by atoms with Crippen LogP contribution in [0.5, 0.6) is 0 Å². The molecule has 1 aliphatic carbocycles. The van der Waals surface area contributed by atoms with Gasteiger partial charge in [0.1, 0.15) is 0 Å². The van der Waals surface area contributed by atoms with E-state index in [1.807, 2.05) is 0 Å². The van der Waals surface area contributed by atoms with E-state index in [-0.39, 0.29) is 0 Å². The molecule has 0 aliphatic heterocycles. The second-order valence-electron chi connectivity index (χ2n) is 4.90. The van der Waals surface area contributed by atoms with E-state index in [2.05, 4.69) is 11.4 Å². The standard InChI is InChI=1S/C14H28N2O/c1-17-12-14(8-5-10-15)16-11-9-13-6-3-2-4-7-13/h6,14,16H,2-5,7-12,15H2,1H3. The molecule has 0 aromatic rings. The topological polar surface area (TPSA) is 47.3 Å². The van der Waals surface area contributed by atoms with Crippen LogP contribution in [0.2, 0.25) is 0 Å². The van der Waals surface area contributed by atoms with Gasteiger partial charge < -0.3 is 15.8 Å². The summed E-state index contributed by atoms with van der Waals surface area (Å²) in [5.41, 5.74) is 7.18. The van der Waals surface area contributed by atoms with E-state index in [9.17, 15) is 0 Å². The van der Waals surface area contributed by atoms with Gasteiger partial charge in [-0.1, -0.05) is 11.6 Å². The molecule has 1 rings (SSSR count). The largest absolute Gasteiger partial charge is 0.383 e. The number of hydrogen-bond acceptors (Lipinski definition) is 3. The summed E-state index contributed by atoms with van der Waals surface area (Å²) in [5.74, 6) is 0. The predicted molar refractivity (Wildman–Crippen MR) is 73.1 cm³/mol. The van der Waals surface area contributed by atoms with Crippen molar-refractivity contribution in [3.8, 4) is 0 Å². The molecule has 0 spiro atoms. The summed E-state index contributed by atoms with van der Waals surface area (Å²) in [4.78, 5) is 0. The van der Waals surface area contributed by atoms with Crippen molar-refractivity contribution >= 4 is 0 Å². The summed E-state index contributed by atoms with van der Waals surface area (Å²) in [7, 11) is 1.76. The van der Waals surface area contributed by atoms with Crippen molar-refractivity contribution in [3.63, 3.8) is 0 Å². The van der Waals surface area contributed by atoms with Crippen LogP contribution in [0.4, 0.5) is 0 Å². The molecular formula is C14H28N2O. The average molecular weight is 240 g/mol. The Labute approximate surface area is 106 Å². The van der Waals surface area contributed by atoms with Gasteiger partial charge in [0, 0.05) is 13.2 Å². The fourth-order valence-corrected chi connectivity index (χ4v) is 2.38. The van der Waals surface area contributed by atoms with Crippen LogP contribution in [0.15, 0.2) is 11.6 Å².